The number of hydrogen-bond acceptors (Lipinski definition) is 2. The third-order valence-electron chi connectivity index (χ3n) is 16.6. The predicted octanol–water partition coefficient (Wildman–Crippen LogP) is 13.3. The molecule has 6 atom stereocenters. The number of hydrogen-bond donors (Lipinski definition) is 0. The maximum atomic E-state index is 6.88. The van der Waals surface area contributed by atoms with Gasteiger partial charge in [-0.25, -0.2) is 0 Å². The van der Waals surface area contributed by atoms with E-state index in [1.807, 2.05) is 0 Å². The molecule has 0 aromatic heterocycles. The molecule has 1 aliphatic heterocycles. The average molecular weight is 694 g/mol. The van der Waals surface area contributed by atoms with Crippen LogP contribution in [0.5, 0.6) is 11.5 Å². The summed E-state index contributed by atoms with van der Waals surface area (Å²) in [6, 6.07) is 40.1. The maximum absolute atomic E-state index is 6.88. The van der Waals surface area contributed by atoms with E-state index in [-0.39, 0.29) is 21.7 Å². The zero-order chi connectivity index (χ0) is 35.9. The molecule has 5 aromatic carbocycles. The van der Waals surface area contributed by atoms with Crippen LogP contribution in [0.25, 0.3) is 11.1 Å². The molecule has 1 heterocycles. The number of nitrogens with zero attached hydrogens (tertiary/aromatic N) is 1. The zero-order valence-electron chi connectivity index (χ0n) is 32.2. The van der Waals surface area contributed by atoms with Crippen LogP contribution in [0, 0.1) is 29.1 Å². The molecule has 266 valence electrons. The summed E-state index contributed by atoms with van der Waals surface area (Å²) in [7, 11) is 0. The van der Waals surface area contributed by atoms with E-state index in [0.29, 0.717) is 5.41 Å². The first-order valence-corrected chi connectivity index (χ1v) is 20.6. The summed E-state index contributed by atoms with van der Waals surface area (Å²) >= 11 is 0. The molecular formula is C51H51NO. The highest BCUT2D eigenvalue weighted by molar-refractivity contribution is 5.87. The molecule has 2 heteroatoms. The monoisotopic (exact) mass is 693 g/mol. The van der Waals surface area contributed by atoms with Gasteiger partial charge in [-0.2, -0.15) is 0 Å². The van der Waals surface area contributed by atoms with E-state index in [1.54, 1.807) is 0 Å². The van der Waals surface area contributed by atoms with E-state index in [2.05, 4.69) is 150 Å². The molecule has 53 heavy (non-hydrogen) atoms. The Morgan fingerprint density at radius 3 is 1.92 bits per heavy atom. The molecule has 2 nitrogen and oxygen atoms in total. The lowest BCUT2D eigenvalue weighted by molar-refractivity contribution is -0.235. The number of benzene rings is 5. The van der Waals surface area contributed by atoms with Gasteiger partial charge < -0.3 is 9.64 Å². The lowest BCUT2D eigenvalue weighted by atomic mass is 9.26. The van der Waals surface area contributed by atoms with E-state index < -0.39 is 0 Å². The summed E-state index contributed by atoms with van der Waals surface area (Å²) in [5, 5.41) is 0. The van der Waals surface area contributed by atoms with Crippen LogP contribution in [0.4, 0.5) is 17.1 Å². The van der Waals surface area contributed by atoms with E-state index >= 15 is 0 Å². The Labute approximate surface area is 315 Å². The molecule has 6 aliphatic carbocycles. The lowest BCUT2D eigenvalue weighted by Gasteiger charge is -2.77. The van der Waals surface area contributed by atoms with Crippen molar-refractivity contribution in [3.05, 3.63) is 137 Å². The molecule has 12 rings (SSSR count). The molecule has 0 N–H and O–H groups in total. The van der Waals surface area contributed by atoms with Gasteiger partial charge in [0.15, 0.2) is 0 Å². The molecule has 2 spiro atoms. The minimum Gasteiger partial charge on any atom is -0.457 e. The Kier molecular flexibility index (Phi) is 5.67. The number of ether oxygens (including phenoxy) is 1. The smallest absolute Gasteiger partial charge is 0.131 e. The highest BCUT2D eigenvalue weighted by Crippen LogP contribution is 2.89. The van der Waals surface area contributed by atoms with Crippen molar-refractivity contribution in [3.8, 4) is 22.6 Å². The molecule has 7 aliphatic rings. The number of rotatable bonds is 3. The highest BCUT2D eigenvalue weighted by atomic mass is 16.5. The zero-order valence-corrected chi connectivity index (χ0v) is 32.2. The standard InChI is InChI=1S/C51H51NO/c1-47(2)21-22-48(3,4)41-27-33(16-19-39(41)47)52(32-15-18-38-36(26-32)35-11-7-8-12-37(35)49(38,5)6)34-17-20-44-42(28-34)51(40-13-9-10-14-43(40)53-44)45-24-30-23-31-25-46(51)50(31,45)29-30/h7-20,26-28,30-31,45-46H,21-25,29H2,1-6H3. The third kappa shape index (κ3) is 3.58. The number of fused-ring (bicyclic) bond motifs is 11. The number of anilines is 3. The molecule has 4 saturated carbocycles. The Morgan fingerprint density at radius 2 is 1.13 bits per heavy atom. The van der Waals surface area contributed by atoms with Crippen LogP contribution >= 0.6 is 0 Å². The summed E-state index contributed by atoms with van der Waals surface area (Å²) < 4.78 is 6.88. The molecule has 5 aromatic rings. The minimum absolute atomic E-state index is 0.0267. The van der Waals surface area contributed by atoms with Gasteiger partial charge in [0.2, 0.25) is 0 Å². The van der Waals surface area contributed by atoms with Gasteiger partial charge in [0.05, 0.1) is 0 Å². The highest BCUT2D eigenvalue weighted by Gasteiger charge is 2.84. The van der Waals surface area contributed by atoms with Crippen LogP contribution in [0.2, 0.25) is 0 Å². The Balaban J connectivity index is 1.08. The van der Waals surface area contributed by atoms with E-state index in [0.717, 1.165) is 35.2 Å². The van der Waals surface area contributed by atoms with Crippen molar-refractivity contribution >= 4 is 17.1 Å². The molecule has 4 fully saturated rings. The summed E-state index contributed by atoms with van der Waals surface area (Å²) in [6.45, 7) is 14.5. The molecule has 0 amide bonds. The Morgan fingerprint density at radius 1 is 0.528 bits per heavy atom. The largest absolute Gasteiger partial charge is 0.457 e. The van der Waals surface area contributed by atoms with Crippen molar-refractivity contribution in [2.45, 2.75) is 102 Å². The molecule has 0 saturated heterocycles. The normalized spacial score (nSPS) is 31.5. The first kappa shape index (κ1) is 31.1. The second kappa shape index (κ2) is 9.67. The van der Waals surface area contributed by atoms with Crippen LogP contribution < -0.4 is 9.64 Å². The van der Waals surface area contributed by atoms with Crippen molar-refractivity contribution in [3.63, 3.8) is 0 Å². The summed E-state index contributed by atoms with van der Waals surface area (Å²) in [6.07, 6.45) is 8.12. The van der Waals surface area contributed by atoms with Gasteiger partial charge in [0.1, 0.15) is 11.5 Å². The Hall–Kier alpha value is -4.30. The van der Waals surface area contributed by atoms with Crippen molar-refractivity contribution in [1.29, 1.82) is 0 Å². The third-order valence-corrected chi connectivity index (χ3v) is 16.6. The van der Waals surface area contributed by atoms with Gasteiger partial charge in [-0.15, -0.1) is 0 Å². The van der Waals surface area contributed by atoms with Gasteiger partial charge in [-0.3, -0.25) is 0 Å². The average Bonchev–Trinajstić information content (AvgIpc) is 3.76. The molecule has 6 unspecified atom stereocenters. The topological polar surface area (TPSA) is 12.5 Å². The fourth-order valence-corrected chi connectivity index (χ4v) is 14.2. The van der Waals surface area contributed by atoms with Gasteiger partial charge in [-0.05, 0) is 160 Å². The maximum Gasteiger partial charge on any atom is 0.131 e. The fourth-order valence-electron chi connectivity index (χ4n) is 14.2. The fraction of sp³-hybridized carbons (Fsp3) is 0.412. The van der Waals surface area contributed by atoms with Crippen molar-refractivity contribution in [2.24, 2.45) is 29.1 Å². The quantitative estimate of drug-likeness (QED) is 0.186. The summed E-state index contributed by atoms with van der Waals surface area (Å²) in [5.41, 5.74) is 16.1. The van der Waals surface area contributed by atoms with E-state index in [4.69, 9.17) is 4.74 Å². The summed E-state index contributed by atoms with van der Waals surface area (Å²) in [4.78, 5) is 2.58. The SMILES string of the molecule is CC1(C)CCC(C)(C)c2cc(N(c3ccc4c(c3)-c3ccccc3C4(C)C)c3ccc4c(c3)C3(c5ccccc5O4)C4CC5CC6CC3C64C5)ccc21. The van der Waals surface area contributed by atoms with Crippen molar-refractivity contribution in [2.75, 3.05) is 4.90 Å². The van der Waals surface area contributed by atoms with E-state index in [1.165, 1.54) is 100 Å². The predicted molar refractivity (Wildman–Crippen MR) is 216 cm³/mol. The number of para-hydroxylation sites is 1. The van der Waals surface area contributed by atoms with Crippen LogP contribution in [-0.2, 0) is 21.7 Å². The summed E-state index contributed by atoms with van der Waals surface area (Å²) in [5.74, 6) is 5.46. The first-order chi connectivity index (χ1) is 25.4. The van der Waals surface area contributed by atoms with Gasteiger partial charge >= 0.3 is 0 Å². The van der Waals surface area contributed by atoms with Crippen molar-refractivity contribution in [1.82, 2.24) is 0 Å². The van der Waals surface area contributed by atoms with Gasteiger partial charge in [-0.1, -0.05) is 96.1 Å². The van der Waals surface area contributed by atoms with Crippen molar-refractivity contribution < 1.29 is 4.74 Å². The van der Waals surface area contributed by atoms with Crippen LogP contribution in [-0.4, -0.2) is 0 Å². The van der Waals surface area contributed by atoms with Gasteiger partial charge in [0, 0.05) is 39.0 Å². The van der Waals surface area contributed by atoms with E-state index in [9.17, 15) is 0 Å². The molecular weight excluding hydrogens is 643 g/mol. The van der Waals surface area contributed by atoms with Gasteiger partial charge in [0.25, 0.3) is 0 Å². The second-order valence-electron chi connectivity index (χ2n) is 20.1. The van der Waals surface area contributed by atoms with Crippen LogP contribution in [0.3, 0.4) is 0 Å². The van der Waals surface area contributed by atoms with Crippen LogP contribution in [0.1, 0.15) is 113 Å². The lowest BCUT2D eigenvalue weighted by Crippen LogP contribution is -2.74. The molecule has 0 radical (unpaired) electrons. The molecule has 2 bridgehead atoms. The second-order valence-corrected chi connectivity index (χ2v) is 20.1. The minimum atomic E-state index is -0.0267. The Bertz CT molecular complexity index is 2430. The van der Waals surface area contributed by atoms with Crippen LogP contribution in [0.15, 0.2) is 103 Å². The first-order valence-electron chi connectivity index (χ1n) is 20.6.